The summed E-state index contributed by atoms with van der Waals surface area (Å²) in [5.74, 6) is 1.38. The Kier molecular flexibility index (Phi) is 4.15. The number of para-hydroxylation sites is 1. The molecule has 1 atom stereocenters. The molecule has 0 radical (unpaired) electrons. The molecule has 0 saturated heterocycles. The molecule has 4 nitrogen and oxygen atoms in total. The standard InChI is InChI=1S/C18H21N3OS/c1-11-10-15(19-14-9-7-6-8-13(11)14)23-12(2)16-20-17(21-22-16)18(3,4)5/h6-10,12H,1-5H3/t12-/m1/s1. The summed E-state index contributed by atoms with van der Waals surface area (Å²) in [6.45, 7) is 10.4. The highest BCUT2D eigenvalue weighted by Gasteiger charge is 2.23. The van der Waals surface area contributed by atoms with Crippen LogP contribution >= 0.6 is 11.8 Å². The molecule has 0 amide bonds. The van der Waals surface area contributed by atoms with Crippen LogP contribution in [0.4, 0.5) is 0 Å². The van der Waals surface area contributed by atoms with Crippen LogP contribution in [-0.2, 0) is 5.41 Å². The van der Waals surface area contributed by atoms with E-state index in [-0.39, 0.29) is 10.7 Å². The van der Waals surface area contributed by atoms with Crippen LogP contribution < -0.4 is 0 Å². The van der Waals surface area contributed by atoms with E-state index < -0.39 is 0 Å². The fourth-order valence-corrected chi connectivity index (χ4v) is 3.27. The molecule has 0 aliphatic heterocycles. The molecule has 1 aromatic carbocycles. The SMILES string of the molecule is Cc1cc(S[C@H](C)c2nc(C(C)(C)C)no2)nc2ccccc12. The van der Waals surface area contributed by atoms with E-state index in [2.05, 4.69) is 56.9 Å². The molecule has 3 rings (SSSR count). The number of benzene rings is 1. The van der Waals surface area contributed by atoms with Crippen LogP contribution in [0.1, 0.15) is 50.2 Å². The van der Waals surface area contributed by atoms with Gasteiger partial charge in [0.2, 0.25) is 5.89 Å². The number of thioether (sulfide) groups is 1. The number of fused-ring (bicyclic) bond motifs is 1. The van der Waals surface area contributed by atoms with E-state index in [1.165, 1.54) is 10.9 Å². The van der Waals surface area contributed by atoms with Gasteiger partial charge in [0.15, 0.2) is 5.82 Å². The van der Waals surface area contributed by atoms with Crippen LogP contribution in [0.15, 0.2) is 39.9 Å². The molecule has 0 aliphatic carbocycles. The second-order valence-electron chi connectivity index (χ2n) is 6.76. The van der Waals surface area contributed by atoms with Gasteiger partial charge in [-0.2, -0.15) is 4.98 Å². The fourth-order valence-electron chi connectivity index (χ4n) is 2.32. The first-order valence-corrected chi connectivity index (χ1v) is 8.59. The normalized spacial score (nSPS) is 13.4. The zero-order valence-corrected chi connectivity index (χ0v) is 14.9. The van der Waals surface area contributed by atoms with E-state index in [1.807, 2.05) is 18.2 Å². The van der Waals surface area contributed by atoms with Crippen molar-refractivity contribution in [3.05, 3.63) is 47.6 Å². The molecule has 2 heterocycles. The van der Waals surface area contributed by atoms with Crippen LogP contribution in [0.5, 0.6) is 0 Å². The molecule has 3 aromatic rings. The van der Waals surface area contributed by atoms with Gasteiger partial charge in [0.25, 0.3) is 0 Å². The monoisotopic (exact) mass is 327 g/mol. The third kappa shape index (κ3) is 3.39. The van der Waals surface area contributed by atoms with Gasteiger partial charge in [0, 0.05) is 10.8 Å². The van der Waals surface area contributed by atoms with Gasteiger partial charge in [-0.25, -0.2) is 4.98 Å². The van der Waals surface area contributed by atoms with Crippen molar-refractivity contribution >= 4 is 22.7 Å². The topological polar surface area (TPSA) is 51.8 Å². The summed E-state index contributed by atoms with van der Waals surface area (Å²) in [6.07, 6.45) is 0. The Morgan fingerprint density at radius 2 is 1.87 bits per heavy atom. The van der Waals surface area contributed by atoms with Gasteiger partial charge >= 0.3 is 0 Å². The predicted molar refractivity (Wildman–Crippen MR) is 93.8 cm³/mol. The van der Waals surface area contributed by atoms with Crippen molar-refractivity contribution in [3.8, 4) is 0 Å². The van der Waals surface area contributed by atoms with E-state index >= 15 is 0 Å². The molecule has 0 spiro atoms. The quantitative estimate of drug-likeness (QED) is 0.628. The van der Waals surface area contributed by atoms with E-state index in [9.17, 15) is 0 Å². The maximum Gasteiger partial charge on any atom is 0.239 e. The number of aryl methyl sites for hydroxylation is 1. The maximum absolute atomic E-state index is 5.43. The Morgan fingerprint density at radius 3 is 2.57 bits per heavy atom. The summed E-state index contributed by atoms with van der Waals surface area (Å²) < 4.78 is 5.43. The molecule has 5 heteroatoms. The predicted octanol–water partition coefficient (Wildman–Crippen LogP) is 5.08. The van der Waals surface area contributed by atoms with Gasteiger partial charge in [-0.1, -0.05) is 55.9 Å². The molecular formula is C18H21N3OS. The van der Waals surface area contributed by atoms with E-state index in [0.29, 0.717) is 5.89 Å². The second-order valence-corrected chi connectivity index (χ2v) is 8.12. The third-order valence-corrected chi connectivity index (χ3v) is 4.66. The number of rotatable bonds is 3. The highest BCUT2D eigenvalue weighted by molar-refractivity contribution is 7.99. The molecule has 0 N–H and O–H groups in total. The Balaban J connectivity index is 1.85. The molecule has 2 aromatic heterocycles. The average molecular weight is 327 g/mol. The lowest BCUT2D eigenvalue weighted by atomic mass is 9.96. The summed E-state index contributed by atoms with van der Waals surface area (Å²) in [4.78, 5) is 9.27. The number of hydrogen-bond donors (Lipinski definition) is 0. The average Bonchev–Trinajstić information content (AvgIpc) is 2.97. The van der Waals surface area contributed by atoms with Crippen LogP contribution in [-0.4, -0.2) is 15.1 Å². The van der Waals surface area contributed by atoms with Crippen LogP contribution in [0.3, 0.4) is 0 Å². The number of aromatic nitrogens is 3. The van der Waals surface area contributed by atoms with E-state index in [0.717, 1.165) is 16.4 Å². The van der Waals surface area contributed by atoms with Gasteiger partial charge in [-0.3, -0.25) is 0 Å². The van der Waals surface area contributed by atoms with Gasteiger partial charge in [-0.15, -0.1) is 0 Å². The smallest absolute Gasteiger partial charge is 0.239 e. The molecular weight excluding hydrogens is 306 g/mol. The minimum absolute atomic E-state index is 0.0617. The summed E-state index contributed by atoms with van der Waals surface area (Å²) in [6, 6.07) is 10.3. The Hall–Kier alpha value is -1.88. The highest BCUT2D eigenvalue weighted by atomic mass is 32.2. The lowest BCUT2D eigenvalue weighted by molar-refractivity contribution is 0.364. The zero-order chi connectivity index (χ0) is 16.6. The Labute approximate surface area is 140 Å². The van der Waals surface area contributed by atoms with Crippen molar-refractivity contribution in [1.29, 1.82) is 0 Å². The van der Waals surface area contributed by atoms with Crippen LogP contribution in [0.2, 0.25) is 0 Å². The first kappa shape index (κ1) is 16.0. The second kappa shape index (κ2) is 5.96. The van der Waals surface area contributed by atoms with Crippen molar-refractivity contribution in [2.45, 2.75) is 50.3 Å². The van der Waals surface area contributed by atoms with Crippen molar-refractivity contribution in [3.63, 3.8) is 0 Å². The minimum atomic E-state index is -0.107. The van der Waals surface area contributed by atoms with Crippen LogP contribution in [0.25, 0.3) is 10.9 Å². The summed E-state index contributed by atoms with van der Waals surface area (Å²) >= 11 is 1.64. The van der Waals surface area contributed by atoms with Crippen molar-refractivity contribution < 1.29 is 4.52 Å². The number of pyridine rings is 1. The molecule has 0 unspecified atom stereocenters. The third-order valence-electron chi connectivity index (χ3n) is 3.66. The molecule has 0 bridgehead atoms. The lowest BCUT2D eigenvalue weighted by Crippen LogP contribution is -2.13. The first-order valence-electron chi connectivity index (χ1n) is 7.72. The van der Waals surface area contributed by atoms with Crippen molar-refractivity contribution in [1.82, 2.24) is 15.1 Å². The lowest BCUT2D eigenvalue weighted by Gasteiger charge is -2.11. The van der Waals surface area contributed by atoms with E-state index in [1.54, 1.807) is 11.8 Å². The first-order chi connectivity index (χ1) is 10.8. The molecule has 23 heavy (non-hydrogen) atoms. The summed E-state index contributed by atoms with van der Waals surface area (Å²) in [7, 11) is 0. The van der Waals surface area contributed by atoms with Crippen LogP contribution in [0, 0.1) is 6.92 Å². The van der Waals surface area contributed by atoms with Crippen molar-refractivity contribution in [2.24, 2.45) is 0 Å². The summed E-state index contributed by atoms with van der Waals surface area (Å²) in [5.41, 5.74) is 2.14. The van der Waals surface area contributed by atoms with Crippen molar-refractivity contribution in [2.75, 3.05) is 0 Å². The highest BCUT2D eigenvalue weighted by Crippen LogP contribution is 2.35. The fraction of sp³-hybridized carbons (Fsp3) is 0.389. The minimum Gasteiger partial charge on any atom is -0.338 e. The number of hydrogen-bond acceptors (Lipinski definition) is 5. The van der Waals surface area contributed by atoms with E-state index in [4.69, 9.17) is 9.51 Å². The van der Waals surface area contributed by atoms with Gasteiger partial charge in [0.1, 0.15) is 0 Å². The van der Waals surface area contributed by atoms with Gasteiger partial charge in [0.05, 0.1) is 15.8 Å². The summed E-state index contributed by atoms with van der Waals surface area (Å²) in [5, 5.41) is 6.33. The van der Waals surface area contributed by atoms with Gasteiger partial charge < -0.3 is 4.52 Å². The molecule has 0 saturated carbocycles. The Bertz CT molecular complexity index is 836. The zero-order valence-electron chi connectivity index (χ0n) is 14.1. The Morgan fingerprint density at radius 1 is 1.13 bits per heavy atom. The van der Waals surface area contributed by atoms with Gasteiger partial charge in [-0.05, 0) is 31.5 Å². The molecule has 0 fully saturated rings. The maximum atomic E-state index is 5.43. The largest absolute Gasteiger partial charge is 0.338 e. The molecule has 0 aliphatic rings. The number of nitrogens with zero attached hydrogens (tertiary/aromatic N) is 3. The molecule has 120 valence electrons.